The van der Waals surface area contributed by atoms with Crippen molar-refractivity contribution in [3.8, 4) is 0 Å². The van der Waals surface area contributed by atoms with Gasteiger partial charge in [0.25, 0.3) is 0 Å². The van der Waals surface area contributed by atoms with Crippen LogP contribution in [0.4, 0.5) is 11.5 Å². The minimum absolute atomic E-state index is 0.426. The van der Waals surface area contributed by atoms with Crippen molar-refractivity contribution in [3.63, 3.8) is 0 Å². The standard InChI is InChI=1S/C17H22N4/c1-3-8-18-10-15-11-19-12-17(20-15)21-13(2)9-14-6-4-5-7-16(14)21/h4-7,11-13,18H,3,8-10H2,1-2H3. The largest absolute Gasteiger partial charge is 0.322 e. The van der Waals surface area contributed by atoms with Crippen molar-refractivity contribution in [1.82, 2.24) is 15.3 Å². The van der Waals surface area contributed by atoms with Gasteiger partial charge in [-0.1, -0.05) is 25.1 Å². The minimum atomic E-state index is 0.426. The monoisotopic (exact) mass is 282 g/mol. The number of hydrogen-bond acceptors (Lipinski definition) is 4. The summed E-state index contributed by atoms with van der Waals surface area (Å²) in [5, 5.41) is 3.38. The second-order valence-electron chi connectivity index (χ2n) is 5.60. The van der Waals surface area contributed by atoms with Crippen LogP contribution >= 0.6 is 0 Å². The molecule has 0 spiro atoms. The van der Waals surface area contributed by atoms with Gasteiger partial charge in [-0.15, -0.1) is 0 Å². The molecule has 3 rings (SSSR count). The zero-order chi connectivity index (χ0) is 14.7. The molecule has 0 radical (unpaired) electrons. The Morgan fingerprint density at radius 3 is 3.00 bits per heavy atom. The van der Waals surface area contributed by atoms with Crippen LogP contribution in [0, 0.1) is 0 Å². The van der Waals surface area contributed by atoms with Gasteiger partial charge in [-0.25, -0.2) is 4.98 Å². The van der Waals surface area contributed by atoms with Gasteiger partial charge in [0.05, 0.1) is 11.9 Å². The number of hydrogen-bond donors (Lipinski definition) is 1. The molecule has 1 atom stereocenters. The van der Waals surface area contributed by atoms with Crippen molar-refractivity contribution in [2.24, 2.45) is 0 Å². The van der Waals surface area contributed by atoms with Gasteiger partial charge in [-0.2, -0.15) is 0 Å². The first kappa shape index (κ1) is 14.0. The molecule has 2 aromatic rings. The maximum Gasteiger partial charge on any atom is 0.152 e. The van der Waals surface area contributed by atoms with E-state index < -0.39 is 0 Å². The minimum Gasteiger partial charge on any atom is -0.322 e. The van der Waals surface area contributed by atoms with Crippen molar-refractivity contribution in [2.45, 2.75) is 39.3 Å². The van der Waals surface area contributed by atoms with Crippen LogP contribution in [-0.2, 0) is 13.0 Å². The number of rotatable bonds is 5. The second kappa shape index (κ2) is 6.22. The summed E-state index contributed by atoms with van der Waals surface area (Å²) in [5.74, 6) is 0.947. The van der Waals surface area contributed by atoms with Crippen molar-refractivity contribution in [2.75, 3.05) is 11.4 Å². The molecule has 1 aromatic carbocycles. The summed E-state index contributed by atoms with van der Waals surface area (Å²) in [7, 11) is 0. The van der Waals surface area contributed by atoms with Crippen LogP contribution in [0.25, 0.3) is 0 Å². The summed E-state index contributed by atoms with van der Waals surface area (Å²) >= 11 is 0. The SMILES string of the molecule is CCCNCc1cncc(N2c3ccccc3CC2C)n1. The van der Waals surface area contributed by atoms with Gasteiger partial charge in [0.15, 0.2) is 5.82 Å². The maximum atomic E-state index is 4.78. The number of nitrogens with one attached hydrogen (secondary N) is 1. The molecule has 1 aliphatic heterocycles. The Labute approximate surface area is 126 Å². The number of nitrogens with zero attached hydrogens (tertiary/aromatic N) is 3. The Hall–Kier alpha value is -1.94. The lowest BCUT2D eigenvalue weighted by atomic mass is 10.1. The van der Waals surface area contributed by atoms with E-state index in [1.54, 1.807) is 0 Å². The van der Waals surface area contributed by atoms with E-state index in [9.17, 15) is 0 Å². The van der Waals surface area contributed by atoms with Crippen molar-refractivity contribution >= 4 is 11.5 Å². The lowest BCUT2D eigenvalue weighted by Crippen LogP contribution is -2.25. The Balaban J connectivity index is 1.85. The van der Waals surface area contributed by atoms with Gasteiger partial charge in [0.1, 0.15) is 0 Å². The van der Waals surface area contributed by atoms with Crippen LogP contribution in [-0.4, -0.2) is 22.6 Å². The number of para-hydroxylation sites is 1. The first-order valence-electron chi connectivity index (χ1n) is 7.68. The maximum absolute atomic E-state index is 4.78. The summed E-state index contributed by atoms with van der Waals surface area (Å²) in [4.78, 5) is 11.4. The molecule has 0 aliphatic carbocycles. The predicted octanol–water partition coefficient (Wildman–Crippen LogP) is 3.06. The molecular formula is C17H22N4. The molecule has 2 heterocycles. The first-order chi connectivity index (χ1) is 10.3. The fourth-order valence-corrected chi connectivity index (χ4v) is 2.90. The van der Waals surface area contributed by atoms with Gasteiger partial charge < -0.3 is 10.2 Å². The highest BCUT2D eigenvalue weighted by Crippen LogP contribution is 2.36. The fourth-order valence-electron chi connectivity index (χ4n) is 2.90. The smallest absolute Gasteiger partial charge is 0.152 e. The molecule has 21 heavy (non-hydrogen) atoms. The molecular weight excluding hydrogens is 260 g/mol. The second-order valence-corrected chi connectivity index (χ2v) is 5.60. The van der Waals surface area contributed by atoms with E-state index in [1.807, 2.05) is 12.4 Å². The molecule has 1 unspecified atom stereocenters. The normalized spacial score (nSPS) is 17.0. The van der Waals surface area contributed by atoms with E-state index >= 15 is 0 Å². The molecule has 4 heteroatoms. The van der Waals surface area contributed by atoms with E-state index in [1.165, 1.54) is 11.3 Å². The van der Waals surface area contributed by atoms with E-state index in [4.69, 9.17) is 4.98 Å². The average Bonchev–Trinajstić information content (AvgIpc) is 2.83. The van der Waals surface area contributed by atoms with Crippen LogP contribution in [0.15, 0.2) is 36.7 Å². The zero-order valence-electron chi connectivity index (χ0n) is 12.7. The van der Waals surface area contributed by atoms with Crippen molar-refractivity contribution in [1.29, 1.82) is 0 Å². The number of fused-ring (bicyclic) bond motifs is 1. The molecule has 0 amide bonds. The molecule has 4 nitrogen and oxygen atoms in total. The van der Waals surface area contributed by atoms with E-state index in [-0.39, 0.29) is 0 Å². The number of aromatic nitrogens is 2. The van der Waals surface area contributed by atoms with Crippen molar-refractivity contribution < 1.29 is 0 Å². The van der Waals surface area contributed by atoms with Crippen LogP contribution in [0.1, 0.15) is 31.5 Å². The van der Waals surface area contributed by atoms with E-state index in [0.29, 0.717) is 6.04 Å². The lowest BCUT2D eigenvalue weighted by molar-refractivity contribution is 0.659. The third-order valence-electron chi connectivity index (χ3n) is 3.86. The molecule has 110 valence electrons. The highest BCUT2D eigenvalue weighted by molar-refractivity contribution is 5.68. The number of anilines is 2. The molecule has 0 saturated carbocycles. The topological polar surface area (TPSA) is 41.1 Å². The summed E-state index contributed by atoms with van der Waals surface area (Å²) in [5.41, 5.74) is 3.65. The first-order valence-corrected chi connectivity index (χ1v) is 7.68. The highest BCUT2D eigenvalue weighted by atomic mass is 15.2. The molecule has 1 aliphatic rings. The molecule has 0 saturated heterocycles. The molecule has 1 N–H and O–H groups in total. The predicted molar refractivity (Wildman–Crippen MR) is 85.8 cm³/mol. The summed E-state index contributed by atoms with van der Waals surface area (Å²) in [6, 6.07) is 8.99. The van der Waals surface area contributed by atoms with Gasteiger partial charge >= 0.3 is 0 Å². The molecule has 0 bridgehead atoms. The Kier molecular flexibility index (Phi) is 4.15. The van der Waals surface area contributed by atoms with Crippen LogP contribution in [0.3, 0.4) is 0 Å². The Morgan fingerprint density at radius 1 is 1.29 bits per heavy atom. The summed E-state index contributed by atoms with van der Waals surface area (Å²) in [6.07, 6.45) is 5.90. The van der Waals surface area contributed by atoms with E-state index in [0.717, 1.165) is 37.4 Å². The summed E-state index contributed by atoms with van der Waals surface area (Å²) in [6.45, 7) is 6.19. The van der Waals surface area contributed by atoms with E-state index in [2.05, 4.69) is 53.3 Å². The van der Waals surface area contributed by atoms with Gasteiger partial charge in [0, 0.05) is 24.5 Å². The van der Waals surface area contributed by atoms with Crippen LogP contribution in [0.5, 0.6) is 0 Å². The van der Waals surface area contributed by atoms with Gasteiger partial charge in [-0.3, -0.25) is 4.98 Å². The highest BCUT2D eigenvalue weighted by Gasteiger charge is 2.27. The third-order valence-corrected chi connectivity index (χ3v) is 3.86. The van der Waals surface area contributed by atoms with Gasteiger partial charge in [-0.05, 0) is 37.9 Å². The molecule has 1 aromatic heterocycles. The van der Waals surface area contributed by atoms with Crippen LogP contribution < -0.4 is 10.2 Å². The quantitative estimate of drug-likeness (QED) is 0.856. The number of benzene rings is 1. The fraction of sp³-hybridized carbons (Fsp3) is 0.412. The Morgan fingerprint density at radius 2 is 2.14 bits per heavy atom. The summed E-state index contributed by atoms with van der Waals surface area (Å²) < 4.78 is 0. The average molecular weight is 282 g/mol. The molecule has 0 fully saturated rings. The lowest BCUT2D eigenvalue weighted by Gasteiger charge is -2.23. The van der Waals surface area contributed by atoms with Gasteiger partial charge in [0.2, 0.25) is 0 Å². The third kappa shape index (κ3) is 2.90. The Bertz CT molecular complexity index is 611. The van der Waals surface area contributed by atoms with Crippen LogP contribution in [0.2, 0.25) is 0 Å². The zero-order valence-corrected chi connectivity index (χ0v) is 12.7. The van der Waals surface area contributed by atoms with Crippen molar-refractivity contribution in [3.05, 3.63) is 47.9 Å².